The number of alkyl halides is 12. The van der Waals surface area contributed by atoms with Crippen LogP contribution in [0.15, 0.2) is 49.6 Å². The van der Waals surface area contributed by atoms with E-state index in [-0.39, 0.29) is 36.6 Å². The van der Waals surface area contributed by atoms with Gasteiger partial charge in [0.15, 0.2) is 0 Å². The van der Waals surface area contributed by atoms with Crippen molar-refractivity contribution in [2.75, 3.05) is 13.1 Å². The summed E-state index contributed by atoms with van der Waals surface area (Å²) in [5, 5.41) is 4.88. The van der Waals surface area contributed by atoms with Gasteiger partial charge in [-0.2, -0.15) is 52.7 Å². The number of rotatable bonds is 7. The van der Waals surface area contributed by atoms with E-state index in [9.17, 15) is 52.7 Å². The van der Waals surface area contributed by atoms with E-state index in [1.807, 2.05) is 0 Å². The van der Waals surface area contributed by atoms with Gasteiger partial charge in [0.05, 0.1) is 22.3 Å². The minimum atomic E-state index is -5.07. The topological polar surface area (TPSA) is 24.1 Å². The Morgan fingerprint density at radius 3 is 0.889 bits per heavy atom. The highest BCUT2D eigenvalue weighted by atomic mass is 19.4. The van der Waals surface area contributed by atoms with Gasteiger partial charge >= 0.3 is 24.7 Å². The van der Waals surface area contributed by atoms with E-state index in [2.05, 4.69) is 23.8 Å². The largest absolute Gasteiger partial charge is 0.416 e. The Labute approximate surface area is 196 Å². The van der Waals surface area contributed by atoms with E-state index < -0.39 is 58.1 Å². The molecule has 0 amide bonds. The summed E-state index contributed by atoms with van der Waals surface area (Å²) in [6.07, 6.45) is -20.3. The zero-order valence-electron chi connectivity index (χ0n) is 17.8. The molecule has 14 heteroatoms. The zero-order chi connectivity index (χ0) is 27.7. The molecule has 198 valence electrons. The molecule has 0 aliphatic heterocycles. The molecule has 0 unspecified atom stereocenters. The highest BCUT2D eigenvalue weighted by molar-refractivity contribution is 5.65. The molecule has 0 saturated heterocycles. The van der Waals surface area contributed by atoms with Crippen LogP contribution in [0.2, 0.25) is 0 Å². The van der Waals surface area contributed by atoms with Crippen molar-refractivity contribution >= 4 is 11.4 Å². The maximum atomic E-state index is 13.0. The number of halogens is 12. The minimum Gasteiger partial charge on any atom is -0.383 e. The Bertz CT molecular complexity index is 968. The Kier molecular flexibility index (Phi) is 8.01. The van der Waals surface area contributed by atoms with Crippen LogP contribution < -0.4 is 10.6 Å². The van der Waals surface area contributed by atoms with E-state index in [1.165, 1.54) is 0 Å². The number of nitrogens with one attached hydrogen (secondary N) is 2. The van der Waals surface area contributed by atoms with E-state index >= 15 is 0 Å². The zero-order valence-corrected chi connectivity index (χ0v) is 17.8. The van der Waals surface area contributed by atoms with E-state index in [0.29, 0.717) is 24.3 Å². The molecule has 2 rings (SSSR count). The fourth-order valence-corrected chi connectivity index (χ4v) is 2.89. The van der Waals surface area contributed by atoms with Crippen molar-refractivity contribution < 1.29 is 52.7 Å². The van der Waals surface area contributed by atoms with Crippen LogP contribution in [-0.2, 0) is 24.7 Å². The molecule has 0 saturated carbocycles. The quantitative estimate of drug-likeness (QED) is 0.282. The molecule has 2 aromatic carbocycles. The molecule has 0 heterocycles. The Morgan fingerprint density at radius 1 is 0.472 bits per heavy atom. The SMILES string of the molecule is C=C(NCCNC(=C)c1cc(C(F)(F)F)cc(C(F)(F)F)c1)c1cc(C(F)(F)F)cc(C(F)(F)F)c1. The van der Waals surface area contributed by atoms with Crippen molar-refractivity contribution in [1.29, 1.82) is 0 Å². The average Bonchev–Trinajstić information content (AvgIpc) is 2.73. The lowest BCUT2D eigenvalue weighted by atomic mass is 10.0. The van der Waals surface area contributed by atoms with Gasteiger partial charge < -0.3 is 10.6 Å². The van der Waals surface area contributed by atoms with Gasteiger partial charge in [-0.25, -0.2) is 0 Å². The van der Waals surface area contributed by atoms with Crippen LogP contribution in [-0.4, -0.2) is 13.1 Å². The van der Waals surface area contributed by atoms with Crippen molar-refractivity contribution in [1.82, 2.24) is 10.6 Å². The third kappa shape index (κ3) is 7.59. The summed E-state index contributed by atoms with van der Waals surface area (Å²) in [7, 11) is 0. The van der Waals surface area contributed by atoms with E-state index in [4.69, 9.17) is 0 Å². The first-order valence-electron chi connectivity index (χ1n) is 9.65. The summed E-state index contributed by atoms with van der Waals surface area (Å²) in [6, 6.07) is 1.64. The van der Waals surface area contributed by atoms with Crippen LogP contribution in [0.4, 0.5) is 52.7 Å². The molecular formula is C22H16F12N2. The fraction of sp³-hybridized carbons (Fsp3) is 0.273. The minimum absolute atomic E-state index is 0.0629. The van der Waals surface area contributed by atoms with Gasteiger partial charge in [-0.1, -0.05) is 13.2 Å². The lowest BCUT2D eigenvalue weighted by molar-refractivity contribution is -0.144. The lowest BCUT2D eigenvalue weighted by Gasteiger charge is -2.18. The van der Waals surface area contributed by atoms with Crippen molar-refractivity contribution in [3.05, 3.63) is 82.9 Å². The van der Waals surface area contributed by atoms with Crippen LogP contribution in [0.25, 0.3) is 11.4 Å². The second-order valence-electron chi connectivity index (χ2n) is 7.40. The number of hydrogen-bond acceptors (Lipinski definition) is 2. The standard InChI is InChI=1S/C22H16F12N2/c1-11(13-5-15(19(23,24)25)9-16(6-13)20(26,27)28)35-3-4-36-12(2)14-7-17(21(29,30)31)10-18(8-14)22(32,33)34/h5-10,35-36H,1-4H2. The molecule has 0 atom stereocenters. The molecule has 2 aromatic rings. The summed E-state index contributed by atoms with van der Waals surface area (Å²) in [4.78, 5) is 0. The molecule has 36 heavy (non-hydrogen) atoms. The summed E-state index contributed by atoms with van der Waals surface area (Å²) in [6.45, 7) is 6.28. The highest BCUT2D eigenvalue weighted by Gasteiger charge is 2.38. The second kappa shape index (κ2) is 9.97. The predicted molar refractivity (Wildman–Crippen MR) is 107 cm³/mol. The van der Waals surface area contributed by atoms with Gasteiger partial charge in [0.25, 0.3) is 0 Å². The maximum absolute atomic E-state index is 13.0. The number of hydrogen-bond donors (Lipinski definition) is 2. The van der Waals surface area contributed by atoms with Crippen molar-refractivity contribution in [2.45, 2.75) is 24.7 Å². The van der Waals surface area contributed by atoms with Gasteiger partial charge in [0.2, 0.25) is 0 Å². The molecule has 0 spiro atoms. The van der Waals surface area contributed by atoms with E-state index in [1.54, 1.807) is 0 Å². The Hall–Kier alpha value is -3.32. The average molecular weight is 536 g/mol. The molecular weight excluding hydrogens is 520 g/mol. The van der Waals surface area contributed by atoms with Crippen LogP contribution in [0, 0.1) is 0 Å². The monoisotopic (exact) mass is 536 g/mol. The second-order valence-corrected chi connectivity index (χ2v) is 7.40. The lowest BCUT2D eigenvalue weighted by Crippen LogP contribution is -2.25. The molecule has 0 aromatic heterocycles. The Morgan fingerprint density at radius 2 is 0.694 bits per heavy atom. The van der Waals surface area contributed by atoms with Crippen molar-refractivity contribution in [2.24, 2.45) is 0 Å². The van der Waals surface area contributed by atoms with Gasteiger partial charge in [0.1, 0.15) is 0 Å². The van der Waals surface area contributed by atoms with Gasteiger partial charge in [0, 0.05) is 24.5 Å². The van der Waals surface area contributed by atoms with Gasteiger partial charge in [-0.15, -0.1) is 0 Å². The summed E-state index contributed by atoms with van der Waals surface area (Å²) < 4.78 is 156. The third-order valence-corrected chi connectivity index (χ3v) is 4.67. The first kappa shape index (κ1) is 28.9. The molecule has 2 nitrogen and oxygen atoms in total. The number of benzene rings is 2. The molecule has 0 aliphatic carbocycles. The van der Waals surface area contributed by atoms with Crippen LogP contribution in [0.3, 0.4) is 0 Å². The van der Waals surface area contributed by atoms with Crippen molar-refractivity contribution in [3.63, 3.8) is 0 Å². The molecule has 0 bridgehead atoms. The van der Waals surface area contributed by atoms with Gasteiger partial charge in [-0.05, 0) is 47.5 Å². The van der Waals surface area contributed by atoms with Crippen LogP contribution in [0.5, 0.6) is 0 Å². The molecule has 0 fully saturated rings. The summed E-state index contributed by atoms with van der Waals surface area (Å²) in [5.41, 5.74) is -7.97. The Balaban J connectivity index is 2.12. The van der Waals surface area contributed by atoms with Crippen molar-refractivity contribution in [3.8, 4) is 0 Å². The smallest absolute Gasteiger partial charge is 0.383 e. The predicted octanol–water partition coefficient (Wildman–Crippen LogP) is 7.58. The normalized spacial score (nSPS) is 12.9. The highest BCUT2D eigenvalue weighted by Crippen LogP contribution is 2.38. The van der Waals surface area contributed by atoms with Crippen LogP contribution >= 0.6 is 0 Å². The maximum Gasteiger partial charge on any atom is 0.416 e. The summed E-state index contributed by atoms with van der Waals surface area (Å²) in [5.74, 6) is 0. The molecule has 0 radical (unpaired) electrons. The first-order valence-corrected chi connectivity index (χ1v) is 9.65. The fourth-order valence-electron chi connectivity index (χ4n) is 2.89. The first-order chi connectivity index (χ1) is 16.2. The third-order valence-electron chi connectivity index (χ3n) is 4.67. The molecule has 2 N–H and O–H groups in total. The van der Waals surface area contributed by atoms with Gasteiger partial charge in [-0.3, -0.25) is 0 Å². The summed E-state index contributed by atoms with van der Waals surface area (Å²) >= 11 is 0. The van der Waals surface area contributed by atoms with E-state index in [0.717, 1.165) is 0 Å². The molecule has 0 aliphatic rings. The van der Waals surface area contributed by atoms with Crippen LogP contribution in [0.1, 0.15) is 33.4 Å².